The van der Waals surface area contributed by atoms with E-state index in [0.29, 0.717) is 24.2 Å². The Hall–Kier alpha value is -3.11. The first-order chi connectivity index (χ1) is 14.6. The number of alkyl halides is 3. The number of anilines is 1. The van der Waals surface area contributed by atoms with Crippen molar-refractivity contribution in [3.63, 3.8) is 0 Å². The second-order valence-corrected chi connectivity index (χ2v) is 8.83. The highest BCUT2D eigenvalue weighted by Gasteiger charge is 2.31. The minimum atomic E-state index is -4.49. The maximum absolute atomic E-state index is 13.0. The summed E-state index contributed by atoms with van der Waals surface area (Å²) < 4.78 is 70.6. The molecule has 1 aromatic heterocycles. The van der Waals surface area contributed by atoms with Gasteiger partial charge in [0.2, 0.25) is 10.0 Å². The third kappa shape index (κ3) is 3.96. The number of hydrogen-bond acceptors (Lipinski definition) is 4. The quantitative estimate of drug-likeness (QED) is 0.650. The molecule has 0 fully saturated rings. The van der Waals surface area contributed by atoms with E-state index in [1.807, 2.05) is 0 Å². The lowest BCUT2D eigenvalue weighted by atomic mass is 10.1. The van der Waals surface area contributed by atoms with E-state index in [2.05, 4.69) is 4.72 Å². The van der Waals surface area contributed by atoms with Crippen molar-refractivity contribution in [1.82, 2.24) is 4.72 Å². The maximum atomic E-state index is 13.0. The minimum absolute atomic E-state index is 0.0211. The molecule has 0 saturated carbocycles. The van der Waals surface area contributed by atoms with Gasteiger partial charge < -0.3 is 9.32 Å². The Morgan fingerprint density at radius 3 is 2.58 bits per heavy atom. The summed E-state index contributed by atoms with van der Waals surface area (Å²) in [6.45, 7) is 0.330. The van der Waals surface area contributed by atoms with Crippen LogP contribution in [0.3, 0.4) is 0 Å². The van der Waals surface area contributed by atoms with Gasteiger partial charge in [0.25, 0.3) is 5.91 Å². The number of carbonyl (C=O) groups is 1. The number of sulfonamides is 1. The topological polar surface area (TPSA) is 79.6 Å². The second kappa shape index (κ2) is 7.54. The standard InChI is InChI=1S/C21H17F3N2O4S/c1-25-31(28,29)16-5-6-17-13(12-16)9-10-26(17)20(27)19-8-7-18(30-19)14-3-2-4-15(11-14)21(22,23)24/h2-8,11-12,25H,9-10H2,1H3. The molecule has 10 heteroatoms. The van der Waals surface area contributed by atoms with Crippen molar-refractivity contribution in [2.24, 2.45) is 0 Å². The van der Waals surface area contributed by atoms with E-state index in [4.69, 9.17) is 4.42 Å². The van der Waals surface area contributed by atoms with Crippen molar-refractivity contribution < 1.29 is 30.8 Å². The van der Waals surface area contributed by atoms with Crippen molar-refractivity contribution in [1.29, 1.82) is 0 Å². The SMILES string of the molecule is CNS(=O)(=O)c1ccc2c(c1)CCN2C(=O)c1ccc(-c2cccc(C(F)(F)F)c2)o1. The van der Waals surface area contributed by atoms with E-state index >= 15 is 0 Å². The molecule has 1 aliphatic rings. The highest BCUT2D eigenvalue weighted by Crippen LogP contribution is 2.34. The van der Waals surface area contributed by atoms with Gasteiger partial charge in [-0.25, -0.2) is 13.1 Å². The molecule has 1 amide bonds. The van der Waals surface area contributed by atoms with Crippen LogP contribution in [0.2, 0.25) is 0 Å². The third-order valence-electron chi connectivity index (χ3n) is 5.06. The molecule has 0 bridgehead atoms. The molecule has 2 aromatic carbocycles. The van der Waals surface area contributed by atoms with Crippen LogP contribution in [-0.2, 0) is 22.6 Å². The monoisotopic (exact) mass is 450 g/mol. The zero-order valence-corrected chi connectivity index (χ0v) is 17.0. The minimum Gasteiger partial charge on any atom is -0.451 e. The number of amides is 1. The Morgan fingerprint density at radius 1 is 1.10 bits per heavy atom. The maximum Gasteiger partial charge on any atom is 0.416 e. The summed E-state index contributed by atoms with van der Waals surface area (Å²) in [4.78, 5) is 14.5. The number of nitrogens with zero attached hydrogens (tertiary/aromatic N) is 1. The zero-order chi connectivity index (χ0) is 22.4. The van der Waals surface area contributed by atoms with Gasteiger partial charge in [-0.2, -0.15) is 13.2 Å². The average molecular weight is 450 g/mol. The van der Waals surface area contributed by atoms with E-state index < -0.39 is 27.7 Å². The fraction of sp³-hybridized carbons (Fsp3) is 0.190. The van der Waals surface area contributed by atoms with Gasteiger partial charge in [0.15, 0.2) is 5.76 Å². The Morgan fingerprint density at radius 2 is 1.87 bits per heavy atom. The number of furan rings is 1. The lowest BCUT2D eigenvalue weighted by Crippen LogP contribution is -2.28. The van der Waals surface area contributed by atoms with Crippen molar-refractivity contribution in [3.8, 4) is 11.3 Å². The van der Waals surface area contributed by atoms with Gasteiger partial charge in [-0.3, -0.25) is 4.79 Å². The zero-order valence-electron chi connectivity index (χ0n) is 16.2. The summed E-state index contributed by atoms with van der Waals surface area (Å²) >= 11 is 0. The molecule has 0 unspecified atom stereocenters. The highest BCUT2D eigenvalue weighted by atomic mass is 32.2. The number of carbonyl (C=O) groups excluding carboxylic acids is 1. The predicted octanol–water partition coefficient (Wildman–Crippen LogP) is 4.08. The molecule has 162 valence electrons. The van der Waals surface area contributed by atoms with E-state index in [9.17, 15) is 26.4 Å². The Labute approximate surface area is 176 Å². The van der Waals surface area contributed by atoms with Crippen LogP contribution in [0.25, 0.3) is 11.3 Å². The van der Waals surface area contributed by atoms with Crippen molar-refractivity contribution in [3.05, 3.63) is 71.5 Å². The summed E-state index contributed by atoms with van der Waals surface area (Å²) in [5.74, 6) is -0.335. The summed E-state index contributed by atoms with van der Waals surface area (Å²) in [6.07, 6.45) is -4.02. The predicted molar refractivity (Wildman–Crippen MR) is 107 cm³/mol. The van der Waals surface area contributed by atoms with Gasteiger partial charge in [-0.1, -0.05) is 12.1 Å². The summed E-state index contributed by atoms with van der Waals surface area (Å²) in [7, 11) is -2.29. The summed E-state index contributed by atoms with van der Waals surface area (Å²) in [6, 6.07) is 12.0. The van der Waals surface area contributed by atoms with Crippen molar-refractivity contribution in [2.45, 2.75) is 17.5 Å². The number of nitrogens with one attached hydrogen (secondary N) is 1. The molecule has 6 nitrogen and oxygen atoms in total. The van der Waals surface area contributed by atoms with E-state index in [1.165, 1.54) is 48.3 Å². The molecule has 0 radical (unpaired) electrons. The molecule has 0 spiro atoms. The lowest BCUT2D eigenvalue weighted by Gasteiger charge is -2.16. The molecule has 3 aromatic rings. The molecule has 0 saturated heterocycles. The van der Waals surface area contributed by atoms with Crippen LogP contribution in [0.4, 0.5) is 18.9 Å². The van der Waals surface area contributed by atoms with Gasteiger partial charge in [0.05, 0.1) is 10.5 Å². The molecule has 1 N–H and O–H groups in total. The Balaban J connectivity index is 1.60. The van der Waals surface area contributed by atoms with Crippen LogP contribution in [0.1, 0.15) is 21.7 Å². The smallest absolute Gasteiger partial charge is 0.416 e. The number of hydrogen-bond donors (Lipinski definition) is 1. The van der Waals surface area contributed by atoms with E-state index in [1.54, 1.807) is 6.07 Å². The number of halogens is 3. The van der Waals surface area contributed by atoms with Crippen molar-refractivity contribution >= 4 is 21.6 Å². The molecule has 4 rings (SSSR count). The van der Waals surface area contributed by atoms with Crippen LogP contribution in [0, 0.1) is 0 Å². The van der Waals surface area contributed by atoms with Gasteiger partial charge in [-0.15, -0.1) is 0 Å². The molecule has 0 aliphatic carbocycles. The van der Waals surface area contributed by atoms with E-state index in [0.717, 1.165) is 12.1 Å². The van der Waals surface area contributed by atoms with Crippen LogP contribution in [-0.4, -0.2) is 27.9 Å². The first-order valence-electron chi connectivity index (χ1n) is 9.26. The van der Waals surface area contributed by atoms with E-state index in [-0.39, 0.29) is 22.0 Å². The van der Waals surface area contributed by atoms with Gasteiger partial charge in [0, 0.05) is 17.8 Å². The first kappa shape index (κ1) is 21.1. The number of rotatable bonds is 4. The fourth-order valence-electron chi connectivity index (χ4n) is 3.46. The molecule has 2 heterocycles. The molecule has 0 atom stereocenters. The Bertz CT molecular complexity index is 1270. The van der Waals surface area contributed by atoms with Gasteiger partial charge in [-0.05, 0) is 61.5 Å². The first-order valence-corrected chi connectivity index (χ1v) is 10.7. The van der Waals surface area contributed by atoms with Gasteiger partial charge >= 0.3 is 6.18 Å². The molecular formula is C21H17F3N2O4S. The van der Waals surface area contributed by atoms with Crippen LogP contribution >= 0.6 is 0 Å². The average Bonchev–Trinajstić information content (AvgIpc) is 3.40. The van der Waals surface area contributed by atoms with Gasteiger partial charge in [0.1, 0.15) is 5.76 Å². The summed E-state index contributed by atoms with van der Waals surface area (Å²) in [5.41, 5.74) is 0.666. The normalized spacial score (nSPS) is 14.0. The third-order valence-corrected chi connectivity index (χ3v) is 6.47. The highest BCUT2D eigenvalue weighted by molar-refractivity contribution is 7.89. The largest absolute Gasteiger partial charge is 0.451 e. The number of fused-ring (bicyclic) bond motifs is 1. The molecular weight excluding hydrogens is 433 g/mol. The van der Waals surface area contributed by atoms with Crippen LogP contribution in [0.5, 0.6) is 0 Å². The fourth-order valence-corrected chi connectivity index (χ4v) is 4.24. The van der Waals surface area contributed by atoms with Crippen molar-refractivity contribution in [2.75, 3.05) is 18.5 Å². The summed E-state index contributed by atoms with van der Waals surface area (Å²) in [5, 5.41) is 0. The second-order valence-electron chi connectivity index (χ2n) is 6.95. The lowest BCUT2D eigenvalue weighted by molar-refractivity contribution is -0.137. The van der Waals surface area contributed by atoms with Crippen LogP contribution in [0.15, 0.2) is 63.9 Å². The van der Waals surface area contributed by atoms with Crippen LogP contribution < -0.4 is 9.62 Å². The molecule has 1 aliphatic heterocycles. The number of benzene rings is 2. The molecule has 31 heavy (non-hydrogen) atoms. The Kier molecular flexibility index (Phi) is 5.14.